The number of thioether (sulfide) groups is 1. The van der Waals surface area contributed by atoms with E-state index in [2.05, 4.69) is 20.5 Å². The minimum Gasteiger partial charge on any atom is -0.485 e. The quantitative estimate of drug-likeness (QED) is 0.409. The smallest absolute Gasteiger partial charge is 0.231 e. The second kappa shape index (κ2) is 9.04. The van der Waals surface area contributed by atoms with Crippen LogP contribution in [0.4, 0.5) is 0 Å². The van der Waals surface area contributed by atoms with E-state index in [-0.39, 0.29) is 24.3 Å². The van der Waals surface area contributed by atoms with Gasteiger partial charge in [-0.15, -0.1) is 5.10 Å². The number of rotatable bonds is 8. The second-order valence-electron chi connectivity index (χ2n) is 6.88. The highest BCUT2D eigenvalue weighted by Gasteiger charge is 2.15. The van der Waals surface area contributed by atoms with E-state index in [1.54, 1.807) is 0 Å². The van der Waals surface area contributed by atoms with Crippen molar-refractivity contribution in [1.82, 2.24) is 20.5 Å². The van der Waals surface area contributed by atoms with Gasteiger partial charge in [-0.05, 0) is 37.6 Å². The Morgan fingerprint density at radius 3 is 2.87 bits per heavy atom. The highest BCUT2D eigenvalue weighted by atomic mass is 32.2. The van der Waals surface area contributed by atoms with Crippen LogP contribution in [-0.4, -0.2) is 26.8 Å². The number of furan rings is 1. The van der Waals surface area contributed by atoms with Gasteiger partial charge in [0.25, 0.3) is 0 Å². The van der Waals surface area contributed by atoms with Crippen LogP contribution >= 0.6 is 11.8 Å². The fourth-order valence-electron chi connectivity index (χ4n) is 2.97. The molecule has 0 unspecified atom stereocenters. The third kappa shape index (κ3) is 4.83. The van der Waals surface area contributed by atoms with E-state index in [0.717, 1.165) is 28.0 Å². The molecule has 154 valence electrons. The van der Waals surface area contributed by atoms with Gasteiger partial charge in [0.2, 0.25) is 11.1 Å². The van der Waals surface area contributed by atoms with Gasteiger partial charge in [-0.25, -0.2) is 4.98 Å². The molecule has 2 aromatic heterocycles. The predicted molar refractivity (Wildman–Crippen MR) is 115 cm³/mol. The first kappa shape index (κ1) is 20.0. The molecular weight excluding hydrogens is 400 g/mol. The third-order valence-corrected chi connectivity index (χ3v) is 5.40. The van der Waals surface area contributed by atoms with Crippen LogP contribution in [0.5, 0.6) is 5.75 Å². The van der Waals surface area contributed by atoms with Crippen molar-refractivity contribution in [3.8, 4) is 5.75 Å². The standard InChI is InChI=1S/C22H22N4O3S/c1-14-7-3-5-9-17(14)28-12-20-24-22(26-25-20)30-13-21(27)23-15(2)19-11-16-8-4-6-10-18(16)29-19/h3-11,15H,12-13H2,1-2H3,(H,23,27)(H,24,25,26)/t15-/m1/s1. The molecule has 2 N–H and O–H groups in total. The van der Waals surface area contributed by atoms with Crippen LogP contribution in [0.2, 0.25) is 0 Å². The Morgan fingerprint density at radius 2 is 2.03 bits per heavy atom. The van der Waals surface area contributed by atoms with Crippen LogP contribution < -0.4 is 10.1 Å². The van der Waals surface area contributed by atoms with Gasteiger partial charge < -0.3 is 14.5 Å². The number of ether oxygens (including phenoxy) is 1. The van der Waals surface area contributed by atoms with Crippen molar-refractivity contribution in [2.45, 2.75) is 31.7 Å². The summed E-state index contributed by atoms with van der Waals surface area (Å²) >= 11 is 1.26. The van der Waals surface area contributed by atoms with Crippen molar-refractivity contribution in [2.75, 3.05) is 5.75 Å². The minimum absolute atomic E-state index is 0.115. The first-order valence-corrected chi connectivity index (χ1v) is 10.6. The number of H-pyrrole nitrogens is 1. The Hall–Kier alpha value is -3.26. The molecule has 1 atom stereocenters. The molecule has 0 bridgehead atoms. The lowest BCUT2D eigenvalue weighted by molar-refractivity contribution is -0.119. The fourth-order valence-corrected chi connectivity index (χ4v) is 3.60. The van der Waals surface area contributed by atoms with Crippen molar-refractivity contribution in [1.29, 1.82) is 0 Å². The molecule has 8 heteroatoms. The Balaban J connectivity index is 1.26. The SMILES string of the molecule is Cc1ccccc1OCc1nc(SCC(=O)N[C@H](C)c2cc3ccccc3o2)n[nH]1. The van der Waals surface area contributed by atoms with Gasteiger partial charge in [0.05, 0.1) is 11.8 Å². The van der Waals surface area contributed by atoms with E-state index in [9.17, 15) is 4.79 Å². The van der Waals surface area contributed by atoms with Crippen LogP contribution in [0.25, 0.3) is 11.0 Å². The summed E-state index contributed by atoms with van der Waals surface area (Å²) in [4.78, 5) is 16.7. The van der Waals surface area contributed by atoms with Crippen LogP contribution in [0.15, 0.2) is 64.2 Å². The number of para-hydroxylation sites is 2. The van der Waals surface area contributed by atoms with Gasteiger partial charge in [0.1, 0.15) is 23.7 Å². The number of carbonyl (C=O) groups excluding carboxylic acids is 1. The monoisotopic (exact) mass is 422 g/mol. The van der Waals surface area contributed by atoms with Crippen LogP contribution in [-0.2, 0) is 11.4 Å². The summed E-state index contributed by atoms with van der Waals surface area (Å²) in [7, 11) is 0. The van der Waals surface area contributed by atoms with Crippen molar-refractivity contribution >= 4 is 28.6 Å². The highest BCUT2D eigenvalue weighted by molar-refractivity contribution is 7.99. The van der Waals surface area contributed by atoms with Crippen molar-refractivity contribution in [3.63, 3.8) is 0 Å². The summed E-state index contributed by atoms with van der Waals surface area (Å²) in [5.41, 5.74) is 1.87. The molecule has 0 spiro atoms. The Labute approximate surface area is 178 Å². The molecule has 4 rings (SSSR count). The maximum atomic E-state index is 12.3. The number of hydrogen-bond donors (Lipinski definition) is 2. The molecule has 0 aliphatic rings. The molecule has 1 amide bonds. The van der Waals surface area contributed by atoms with Gasteiger partial charge in [0, 0.05) is 5.39 Å². The maximum absolute atomic E-state index is 12.3. The van der Waals surface area contributed by atoms with Gasteiger partial charge >= 0.3 is 0 Å². The molecule has 30 heavy (non-hydrogen) atoms. The van der Waals surface area contributed by atoms with E-state index in [1.165, 1.54) is 11.8 Å². The van der Waals surface area contributed by atoms with Crippen LogP contribution in [0.3, 0.4) is 0 Å². The molecule has 0 radical (unpaired) electrons. The van der Waals surface area contributed by atoms with Gasteiger partial charge in [-0.3, -0.25) is 9.89 Å². The first-order chi connectivity index (χ1) is 14.6. The van der Waals surface area contributed by atoms with E-state index in [1.807, 2.05) is 68.4 Å². The van der Waals surface area contributed by atoms with E-state index >= 15 is 0 Å². The predicted octanol–water partition coefficient (Wildman–Crippen LogP) is 4.41. The zero-order valence-electron chi connectivity index (χ0n) is 16.7. The van der Waals surface area contributed by atoms with Crippen molar-refractivity contribution in [3.05, 3.63) is 71.7 Å². The third-order valence-electron chi connectivity index (χ3n) is 4.55. The van der Waals surface area contributed by atoms with Gasteiger partial charge in [-0.2, -0.15) is 0 Å². The second-order valence-corrected chi connectivity index (χ2v) is 7.83. The molecule has 7 nitrogen and oxygen atoms in total. The molecule has 0 aliphatic heterocycles. The Kier molecular flexibility index (Phi) is 6.04. The van der Waals surface area contributed by atoms with Gasteiger partial charge in [0.15, 0.2) is 5.82 Å². The minimum atomic E-state index is -0.226. The zero-order valence-corrected chi connectivity index (χ0v) is 17.5. The fraction of sp³-hybridized carbons (Fsp3) is 0.227. The molecular formula is C22H22N4O3S. The van der Waals surface area contributed by atoms with Crippen LogP contribution in [0, 0.1) is 6.92 Å². The summed E-state index contributed by atoms with van der Waals surface area (Å²) in [6.45, 7) is 4.17. The maximum Gasteiger partial charge on any atom is 0.231 e. The Morgan fingerprint density at radius 1 is 1.23 bits per heavy atom. The summed E-state index contributed by atoms with van der Waals surface area (Å²) in [5, 5.41) is 11.4. The van der Waals surface area contributed by atoms with E-state index in [0.29, 0.717) is 11.0 Å². The zero-order chi connectivity index (χ0) is 20.9. The van der Waals surface area contributed by atoms with Crippen molar-refractivity contribution < 1.29 is 13.9 Å². The molecule has 0 aliphatic carbocycles. The molecule has 0 saturated heterocycles. The lowest BCUT2D eigenvalue weighted by Crippen LogP contribution is -2.27. The number of hydrogen-bond acceptors (Lipinski definition) is 6. The first-order valence-electron chi connectivity index (χ1n) is 9.59. The molecule has 2 aromatic carbocycles. The Bertz CT molecular complexity index is 1120. The van der Waals surface area contributed by atoms with E-state index in [4.69, 9.17) is 9.15 Å². The largest absolute Gasteiger partial charge is 0.485 e. The lowest BCUT2D eigenvalue weighted by Gasteiger charge is -2.10. The number of fused-ring (bicyclic) bond motifs is 1. The normalized spacial score (nSPS) is 12.1. The number of nitrogens with one attached hydrogen (secondary N) is 2. The lowest BCUT2D eigenvalue weighted by atomic mass is 10.2. The van der Waals surface area contributed by atoms with E-state index < -0.39 is 0 Å². The number of carbonyl (C=O) groups is 1. The number of benzene rings is 2. The molecule has 2 heterocycles. The van der Waals surface area contributed by atoms with Gasteiger partial charge in [-0.1, -0.05) is 48.2 Å². The number of aryl methyl sites for hydroxylation is 1. The molecule has 0 saturated carbocycles. The summed E-state index contributed by atoms with van der Waals surface area (Å²) < 4.78 is 11.6. The molecule has 4 aromatic rings. The average molecular weight is 423 g/mol. The van der Waals surface area contributed by atoms with Crippen molar-refractivity contribution in [2.24, 2.45) is 0 Å². The average Bonchev–Trinajstić information content (AvgIpc) is 3.38. The summed E-state index contributed by atoms with van der Waals surface area (Å²) in [5.74, 6) is 2.23. The highest BCUT2D eigenvalue weighted by Crippen LogP contribution is 2.24. The van der Waals surface area contributed by atoms with Crippen LogP contribution in [0.1, 0.15) is 30.1 Å². The number of aromatic nitrogens is 3. The number of aromatic amines is 1. The number of amides is 1. The topological polar surface area (TPSA) is 93.0 Å². The number of nitrogens with zero attached hydrogens (tertiary/aromatic N) is 2. The molecule has 0 fully saturated rings. The summed E-state index contributed by atoms with van der Waals surface area (Å²) in [6.07, 6.45) is 0. The summed E-state index contributed by atoms with van der Waals surface area (Å²) in [6, 6.07) is 17.3.